The Morgan fingerprint density at radius 2 is 2.19 bits per heavy atom. The van der Waals surface area contributed by atoms with E-state index in [-0.39, 0.29) is 6.04 Å². The minimum absolute atomic E-state index is 0.166. The molecule has 1 saturated heterocycles. The van der Waals surface area contributed by atoms with Crippen molar-refractivity contribution in [3.8, 4) is 0 Å². The number of nitrogens with two attached hydrogens (primary N) is 1. The molecule has 0 aromatic heterocycles. The molecule has 0 amide bonds. The molecule has 1 aliphatic heterocycles. The Labute approximate surface area is 106 Å². The molecule has 0 radical (unpaired) electrons. The van der Waals surface area contributed by atoms with E-state index < -0.39 is 0 Å². The van der Waals surface area contributed by atoms with E-state index in [1.807, 2.05) is 30.0 Å². The van der Waals surface area contributed by atoms with Crippen molar-refractivity contribution >= 4 is 23.4 Å². The molecule has 0 spiro atoms. The highest BCUT2D eigenvalue weighted by Gasteiger charge is 2.25. The van der Waals surface area contributed by atoms with Crippen LogP contribution >= 0.6 is 23.4 Å². The molecule has 0 saturated carbocycles. The summed E-state index contributed by atoms with van der Waals surface area (Å²) in [5.41, 5.74) is 4.04. The van der Waals surface area contributed by atoms with Gasteiger partial charge in [-0.2, -0.15) is 11.8 Å². The van der Waals surface area contributed by atoms with Crippen LogP contribution in [-0.2, 0) is 0 Å². The molecule has 0 bridgehead atoms. The number of nitrogens with one attached hydrogen (secondary N) is 1. The number of hydrogen-bond acceptors (Lipinski definition) is 3. The topological polar surface area (TPSA) is 38.0 Å². The molecule has 4 heteroatoms. The lowest BCUT2D eigenvalue weighted by Crippen LogP contribution is -2.36. The number of benzene rings is 1. The highest BCUT2D eigenvalue weighted by molar-refractivity contribution is 8.00. The van der Waals surface area contributed by atoms with Crippen molar-refractivity contribution in [1.82, 2.24) is 5.43 Å². The minimum atomic E-state index is 0.166. The SMILES string of the molecule is NNC(c1ccccc1Cl)C1CCCCS1. The number of rotatable bonds is 3. The van der Waals surface area contributed by atoms with Crippen LogP contribution in [0.3, 0.4) is 0 Å². The summed E-state index contributed by atoms with van der Waals surface area (Å²) in [7, 11) is 0. The van der Waals surface area contributed by atoms with Gasteiger partial charge >= 0.3 is 0 Å². The molecule has 1 heterocycles. The predicted octanol–water partition coefficient (Wildman–Crippen LogP) is 3.13. The van der Waals surface area contributed by atoms with E-state index in [2.05, 4.69) is 11.5 Å². The van der Waals surface area contributed by atoms with Crippen LogP contribution in [0.25, 0.3) is 0 Å². The van der Waals surface area contributed by atoms with Crippen molar-refractivity contribution in [3.63, 3.8) is 0 Å². The van der Waals surface area contributed by atoms with Gasteiger partial charge in [-0.05, 0) is 30.2 Å². The molecule has 2 unspecified atom stereocenters. The van der Waals surface area contributed by atoms with E-state index in [1.54, 1.807) is 0 Å². The molecular weight excluding hydrogens is 240 g/mol. The van der Waals surface area contributed by atoms with Gasteiger partial charge < -0.3 is 0 Å². The second-order valence-electron chi connectivity index (χ2n) is 4.07. The van der Waals surface area contributed by atoms with Crippen LogP contribution in [-0.4, -0.2) is 11.0 Å². The summed E-state index contributed by atoms with van der Waals surface area (Å²) in [6, 6.07) is 8.11. The maximum atomic E-state index is 6.21. The number of hydrogen-bond donors (Lipinski definition) is 2. The number of hydrazine groups is 1. The van der Waals surface area contributed by atoms with Crippen LogP contribution in [0, 0.1) is 0 Å². The third-order valence-corrected chi connectivity index (χ3v) is 4.81. The maximum absolute atomic E-state index is 6.21. The Kier molecular flexibility index (Phi) is 4.53. The number of halogens is 1. The van der Waals surface area contributed by atoms with Gasteiger partial charge in [0.15, 0.2) is 0 Å². The highest BCUT2D eigenvalue weighted by atomic mass is 35.5. The van der Waals surface area contributed by atoms with Crippen LogP contribution in [0.4, 0.5) is 0 Å². The Morgan fingerprint density at radius 1 is 1.38 bits per heavy atom. The molecule has 1 aromatic rings. The largest absolute Gasteiger partial charge is 0.271 e. The molecule has 2 rings (SSSR count). The molecule has 1 aliphatic rings. The Bertz CT molecular complexity index is 340. The van der Waals surface area contributed by atoms with Gasteiger partial charge in [0.05, 0.1) is 6.04 Å². The summed E-state index contributed by atoms with van der Waals surface area (Å²) >= 11 is 8.21. The van der Waals surface area contributed by atoms with E-state index in [0.29, 0.717) is 5.25 Å². The summed E-state index contributed by atoms with van der Waals surface area (Å²) in [6.07, 6.45) is 3.83. The zero-order chi connectivity index (χ0) is 11.4. The summed E-state index contributed by atoms with van der Waals surface area (Å²) in [6.45, 7) is 0. The molecule has 2 nitrogen and oxygen atoms in total. The first-order valence-corrected chi connectivity index (χ1v) is 7.08. The van der Waals surface area contributed by atoms with Crippen molar-refractivity contribution < 1.29 is 0 Å². The Balaban J connectivity index is 2.18. The second-order valence-corrected chi connectivity index (χ2v) is 5.83. The molecule has 16 heavy (non-hydrogen) atoms. The lowest BCUT2D eigenvalue weighted by molar-refractivity contribution is 0.492. The average molecular weight is 257 g/mol. The summed E-state index contributed by atoms with van der Waals surface area (Å²) < 4.78 is 0. The van der Waals surface area contributed by atoms with Crippen molar-refractivity contribution in [1.29, 1.82) is 0 Å². The smallest absolute Gasteiger partial charge is 0.0593 e. The Morgan fingerprint density at radius 3 is 2.81 bits per heavy atom. The first-order chi connectivity index (χ1) is 7.83. The van der Waals surface area contributed by atoms with Crippen molar-refractivity contribution in [2.45, 2.75) is 30.6 Å². The van der Waals surface area contributed by atoms with E-state index in [1.165, 1.54) is 25.0 Å². The average Bonchev–Trinajstić information content (AvgIpc) is 2.34. The fraction of sp³-hybridized carbons (Fsp3) is 0.500. The molecular formula is C12H17ClN2S. The van der Waals surface area contributed by atoms with Crippen molar-refractivity contribution in [3.05, 3.63) is 34.9 Å². The standard InChI is InChI=1S/C12H17ClN2S/c13-10-6-2-1-5-9(10)12(15-14)11-7-3-4-8-16-11/h1-2,5-6,11-12,15H,3-4,7-8,14H2. The van der Waals surface area contributed by atoms with Crippen LogP contribution in [0.2, 0.25) is 5.02 Å². The van der Waals surface area contributed by atoms with Gasteiger partial charge in [-0.15, -0.1) is 0 Å². The molecule has 1 fully saturated rings. The molecule has 2 atom stereocenters. The number of thioether (sulfide) groups is 1. The van der Waals surface area contributed by atoms with E-state index >= 15 is 0 Å². The molecule has 1 aromatic carbocycles. The van der Waals surface area contributed by atoms with Gasteiger partial charge in [0, 0.05) is 10.3 Å². The summed E-state index contributed by atoms with van der Waals surface area (Å²) in [4.78, 5) is 0. The van der Waals surface area contributed by atoms with Gasteiger partial charge in [0.2, 0.25) is 0 Å². The van der Waals surface area contributed by atoms with Crippen molar-refractivity contribution in [2.24, 2.45) is 5.84 Å². The first-order valence-electron chi connectivity index (χ1n) is 5.65. The monoisotopic (exact) mass is 256 g/mol. The maximum Gasteiger partial charge on any atom is 0.0593 e. The summed E-state index contributed by atoms with van der Waals surface area (Å²) in [5, 5.41) is 1.34. The zero-order valence-corrected chi connectivity index (χ0v) is 10.7. The minimum Gasteiger partial charge on any atom is -0.271 e. The Hall–Kier alpha value is -0.220. The van der Waals surface area contributed by atoms with Crippen LogP contribution in [0.15, 0.2) is 24.3 Å². The first kappa shape index (κ1) is 12.2. The molecule has 0 aliphatic carbocycles. The molecule has 88 valence electrons. The third kappa shape index (κ3) is 2.72. The van der Waals surface area contributed by atoms with E-state index in [9.17, 15) is 0 Å². The molecule has 3 N–H and O–H groups in total. The van der Waals surface area contributed by atoms with Crippen molar-refractivity contribution in [2.75, 3.05) is 5.75 Å². The normalized spacial score (nSPS) is 23.0. The van der Waals surface area contributed by atoms with E-state index in [4.69, 9.17) is 17.4 Å². The van der Waals surface area contributed by atoms with Gasteiger partial charge in [0.1, 0.15) is 0 Å². The lowest BCUT2D eigenvalue weighted by Gasteiger charge is -2.30. The van der Waals surface area contributed by atoms with Gasteiger partial charge in [-0.3, -0.25) is 11.3 Å². The fourth-order valence-corrected chi connectivity index (χ4v) is 3.83. The summed E-state index contributed by atoms with van der Waals surface area (Å²) in [5.74, 6) is 6.91. The fourth-order valence-electron chi connectivity index (χ4n) is 2.15. The second kappa shape index (κ2) is 5.92. The highest BCUT2D eigenvalue weighted by Crippen LogP contribution is 2.36. The van der Waals surface area contributed by atoms with Gasteiger partial charge in [-0.1, -0.05) is 36.2 Å². The quantitative estimate of drug-likeness (QED) is 0.645. The van der Waals surface area contributed by atoms with Gasteiger partial charge in [-0.25, -0.2) is 0 Å². The van der Waals surface area contributed by atoms with Crippen LogP contribution in [0.5, 0.6) is 0 Å². The van der Waals surface area contributed by atoms with Crippen LogP contribution in [0.1, 0.15) is 30.9 Å². The predicted molar refractivity (Wildman–Crippen MR) is 71.6 cm³/mol. The zero-order valence-electron chi connectivity index (χ0n) is 9.16. The van der Waals surface area contributed by atoms with Gasteiger partial charge in [0.25, 0.3) is 0 Å². The van der Waals surface area contributed by atoms with E-state index in [0.717, 1.165) is 10.6 Å². The third-order valence-electron chi connectivity index (χ3n) is 3.01. The van der Waals surface area contributed by atoms with Crippen LogP contribution < -0.4 is 11.3 Å². The lowest BCUT2D eigenvalue weighted by atomic mass is 10.00.